The maximum atomic E-state index is 12.6. The number of aromatic nitrogens is 2. The monoisotopic (exact) mass is 456 g/mol. The van der Waals surface area contributed by atoms with Gasteiger partial charge in [-0.05, 0) is 55.3 Å². The topological polar surface area (TPSA) is 124 Å². The van der Waals surface area contributed by atoms with Gasteiger partial charge in [0.1, 0.15) is 13.2 Å². The summed E-state index contributed by atoms with van der Waals surface area (Å²) in [7, 11) is -3.53. The molecule has 5 rings (SSSR count). The lowest BCUT2D eigenvalue weighted by atomic mass is 10.2. The molecule has 1 aromatic heterocycles. The summed E-state index contributed by atoms with van der Waals surface area (Å²) in [6.45, 7) is 1.99. The Bertz CT molecular complexity index is 1250. The summed E-state index contributed by atoms with van der Waals surface area (Å²) in [5, 5.41) is 10.3. The van der Waals surface area contributed by atoms with E-state index >= 15 is 0 Å². The minimum atomic E-state index is -3.53. The molecule has 2 aliphatic rings. The van der Waals surface area contributed by atoms with Gasteiger partial charge in [-0.2, -0.15) is 4.31 Å². The second kappa shape index (κ2) is 8.24. The molecule has 0 saturated carbocycles. The molecule has 0 aliphatic carbocycles. The minimum Gasteiger partial charge on any atom is -0.486 e. The molecule has 11 heteroatoms. The van der Waals surface area contributed by atoms with Crippen molar-refractivity contribution in [3.8, 4) is 23.0 Å². The summed E-state index contributed by atoms with van der Waals surface area (Å²) in [6, 6.07) is 10.9. The fourth-order valence-corrected chi connectivity index (χ4v) is 5.11. The molecule has 0 atom stereocenters. The molecule has 1 amide bonds. The van der Waals surface area contributed by atoms with E-state index in [1.807, 2.05) is 0 Å². The number of hydrogen-bond acceptors (Lipinski definition) is 8. The van der Waals surface area contributed by atoms with E-state index in [2.05, 4.69) is 15.5 Å². The van der Waals surface area contributed by atoms with Crippen molar-refractivity contribution in [1.29, 1.82) is 0 Å². The van der Waals surface area contributed by atoms with E-state index in [9.17, 15) is 13.2 Å². The van der Waals surface area contributed by atoms with Crippen molar-refractivity contribution >= 4 is 21.9 Å². The Hall–Kier alpha value is -3.44. The third kappa shape index (κ3) is 3.92. The molecular weight excluding hydrogens is 436 g/mol. The Morgan fingerprint density at radius 1 is 0.938 bits per heavy atom. The zero-order valence-corrected chi connectivity index (χ0v) is 17.8. The lowest BCUT2D eigenvalue weighted by Gasteiger charge is -2.18. The molecule has 10 nitrogen and oxygen atoms in total. The molecule has 0 radical (unpaired) electrons. The van der Waals surface area contributed by atoms with Gasteiger partial charge in [-0.3, -0.25) is 10.1 Å². The molecule has 3 aromatic rings. The van der Waals surface area contributed by atoms with Crippen LogP contribution >= 0.6 is 0 Å². The van der Waals surface area contributed by atoms with Crippen molar-refractivity contribution in [2.45, 2.75) is 17.7 Å². The second-order valence-corrected chi connectivity index (χ2v) is 9.30. The molecule has 0 spiro atoms. The number of sulfonamides is 1. The predicted molar refractivity (Wildman–Crippen MR) is 113 cm³/mol. The van der Waals surface area contributed by atoms with Crippen molar-refractivity contribution < 1.29 is 27.1 Å². The molecule has 0 bridgehead atoms. The molecular formula is C21H20N4O6S. The fourth-order valence-electron chi connectivity index (χ4n) is 3.59. The van der Waals surface area contributed by atoms with Crippen LogP contribution in [0.25, 0.3) is 11.5 Å². The zero-order valence-electron chi connectivity index (χ0n) is 17.0. The Labute approximate surface area is 184 Å². The molecule has 2 aliphatic heterocycles. The highest BCUT2D eigenvalue weighted by atomic mass is 32.2. The van der Waals surface area contributed by atoms with E-state index in [0.717, 1.165) is 12.8 Å². The number of nitrogens with one attached hydrogen (secondary N) is 1. The van der Waals surface area contributed by atoms with Crippen molar-refractivity contribution in [3.63, 3.8) is 0 Å². The molecule has 2 aromatic carbocycles. The van der Waals surface area contributed by atoms with Crippen LogP contribution in [0.2, 0.25) is 0 Å². The number of rotatable bonds is 5. The van der Waals surface area contributed by atoms with E-state index in [-0.39, 0.29) is 22.4 Å². The highest BCUT2D eigenvalue weighted by molar-refractivity contribution is 7.89. The van der Waals surface area contributed by atoms with Gasteiger partial charge in [0.05, 0.1) is 4.90 Å². The van der Waals surface area contributed by atoms with Crippen LogP contribution in [0.1, 0.15) is 23.2 Å². The smallest absolute Gasteiger partial charge is 0.322 e. The summed E-state index contributed by atoms with van der Waals surface area (Å²) in [5.74, 6) is 0.946. The average Bonchev–Trinajstić information content (AvgIpc) is 3.52. The first-order valence-electron chi connectivity index (χ1n) is 10.2. The second-order valence-electron chi connectivity index (χ2n) is 7.36. The van der Waals surface area contributed by atoms with E-state index in [1.165, 1.54) is 28.6 Å². The average molecular weight is 456 g/mol. The van der Waals surface area contributed by atoms with Crippen LogP contribution in [0.15, 0.2) is 51.8 Å². The summed E-state index contributed by atoms with van der Waals surface area (Å²) in [5.41, 5.74) is 0.892. The Kier molecular flexibility index (Phi) is 5.27. The molecule has 1 fully saturated rings. The van der Waals surface area contributed by atoms with E-state index < -0.39 is 15.9 Å². The highest BCUT2D eigenvalue weighted by Crippen LogP contribution is 2.34. The van der Waals surface area contributed by atoms with Crippen LogP contribution < -0.4 is 14.8 Å². The number of anilines is 1. The lowest BCUT2D eigenvalue weighted by Crippen LogP contribution is -2.27. The standard InChI is InChI=1S/C21H20N4O6S/c26-19(14-3-6-16(7-4-14)32(27,28)25-9-1-2-10-25)22-21-24-23-20(31-21)15-5-8-17-18(13-15)30-12-11-29-17/h3-8,13H,1-2,9-12H2,(H,22,24,26). The summed E-state index contributed by atoms with van der Waals surface area (Å²) in [4.78, 5) is 12.7. The number of benzene rings is 2. The first-order valence-corrected chi connectivity index (χ1v) is 11.6. The van der Waals surface area contributed by atoms with E-state index in [1.54, 1.807) is 18.2 Å². The quantitative estimate of drug-likeness (QED) is 0.621. The van der Waals surface area contributed by atoms with Crippen LogP contribution in [0.5, 0.6) is 11.5 Å². The third-order valence-electron chi connectivity index (χ3n) is 5.25. The van der Waals surface area contributed by atoms with Gasteiger partial charge in [-0.25, -0.2) is 8.42 Å². The van der Waals surface area contributed by atoms with Crippen LogP contribution in [0.4, 0.5) is 6.01 Å². The Balaban J connectivity index is 1.28. The van der Waals surface area contributed by atoms with Gasteiger partial charge < -0.3 is 13.9 Å². The minimum absolute atomic E-state index is 0.0753. The van der Waals surface area contributed by atoms with Gasteiger partial charge in [0.2, 0.25) is 15.9 Å². The largest absolute Gasteiger partial charge is 0.486 e. The van der Waals surface area contributed by atoms with Gasteiger partial charge in [0, 0.05) is 24.2 Å². The van der Waals surface area contributed by atoms with Crippen molar-refractivity contribution in [3.05, 3.63) is 48.0 Å². The van der Waals surface area contributed by atoms with Gasteiger partial charge in [0.25, 0.3) is 5.91 Å². The number of carbonyl (C=O) groups is 1. The normalized spacial score (nSPS) is 16.1. The van der Waals surface area contributed by atoms with Crippen molar-refractivity contribution in [2.75, 3.05) is 31.6 Å². The van der Waals surface area contributed by atoms with Crippen LogP contribution in [-0.2, 0) is 10.0 Å². The first kappa shape index (κ1) is 20.5. The zero-order chi connectivity index (χ0) is 22.1. The van der Waals surface area contributed by atoms with E-state index in [4.69, 9.17) is 13.9 Å². The molecule has 1 saturated heterocycles. The van der Waals surface area contributed by atoms with Crippen LogP contribution in [-0.4, -0.2) is 55.1 Å². The molecule has 166 valence electrons. The summed E-state index contributed by atoms with van der Waals surface area (Å²) in [6.07, 6.45) is 1.72. The van der Waals surface area contributed by atoms with Gasteiger partial charge in [0.15, 0.2) is 11.5 Å². The Morgan fingerprint density at radius 2 is 1.66 bits per heavy atom. The molecule has 0 unspecified atom stereocenters. The van der Waals surface area contributed by atoms with Gasteiger partial charge >= 0.3 is 6.01 Å². The van der Waals surface area contributed by atoms with Gasteiger partial charge in [-0.15, -0.1) is 5.10 Å². The lowest BCUT2D eigenvalue weighted by molar-refractivity contribution is 0.102. The number of fused-ring (bicyclic) bond motifs is 1. The maximum Gasteiger partial charge on any atom is 0.322 e. The number of nitrogens with zero attached hydrogens (tertiary/aromatic N) is 3. The predicted octanol–water partition coefficient (Wildman–Crippen LogP) is 2.54. The summed E-state index contributed by atoms with van der Waals surface area (Å²) >= 11 is 0. The maximum absolute atomic E-state index is 12.6. The Morgan fingerprint density at radius 3 is 2.41 bits per heavy atom. The van der Waals surface area contributed by atoms with Crippen molar-refractivity contribution in [1.82, 2.24) is 14.5 Å². The molecule has 3 heterocycles. The van der Waals surface area contributed by atoms with Crippen LogP contribution in [0, 0.1) is 0 Å². The fraction of sp³-hybridized carbons (Fsp3) is 0.286. The third-order valence-corrected chi connectivity index (χ3v) is 7.17. The molecule has 1 N–H and O–H groups in total. The summed E-state index contributed by atoms with van der Waals surface area (Å²) < 4.78 is 43.3. The van der Waals surface area contributed by atoms with Crippen molar-refractivity contribution in [2.24, 2.45) is 0 Å². The molecule has 32 heavy (non-hydrogen) atoms. The number of carbonyl (C=O) groups excluding carboxylic acids is 1. The first-order chi connectivity index (χ1) is 15.5. The van der Waals surface area contributed by atoms with Gasteiger partial charge in [-0.1, -0.05) is 5.10 Å². The number of hydrogen-bond donors (Lipinski definition) is 1. The van der Waals surface area contributed by atoms with E-state index in [0.29, 0.717) is 43.4 Å². The van der Waals surface area contributed by atoms with Crippen LogP contribution in [0.3, 0.4) is 0 Å². The SMILES string of the molecule is O=C(Nc1nnc(-c2ccc3c(c2)OCCO3)o1)c1ccc(S(=O)(=O)N2CCCC2)cc1. The number of amides is 1. The highest BCUT2D eigenvalue weighted by Gasteiger charge is 2.27. The number of ether oxygens (including phenoxy) is 2.